The number of methoxy groups -OCH3 is 1. The molecule has 0 saturated heterocycles. The van der Waals surface area contributed by atoms with Crippen LogP contribution in [0.1, 0.15) is 54.9 Å². The standard InChI is InChI=1S/C17H24BrNO2/c1-12(13-6-4-3-5-7-13)19-11-15-9-8-14(10-16(15)18)17(20)21-2/h8-10,12-13,19H,3-7,11H2,1-2H3. The van der Waals surface area contributed by atoms with Crippen molar-refractivity contribution in [3.05, 3.63) is 33.8 Å². The lowest BCUT2D eigenvalue weighted by Crippen LogP contribution is -2.34. The van der Waals surface area contributed by atoms with E-state index in [1.165, 1.54) is 44.8 Å². The van der Waals surface area contributed by atoms with Crippen molar-refractivity contribution in [3.8, 4) is 0 Å². The summed E-state index contributed by atoms with van der Waals surface area (Å²) in [6.45, 7) is 3.10. The fourth-order valence-electron chi connectivity index (χ4n) is 3.01. The molecule has 21 heavy (non-hydrogen) atoms. The predicted octanol–water partition coefficient (Wildman–Crippen LogP) is 4.29. The van der Waals surface area contributed by atoms with Crippen molar-refractivity contribution < 1.29 is 9.53 Å². The smallest absolute Gasteiger partial charge is 0.337 e. The fourth-order valence-corrected chi connectivity index (χ4v) is 3.53. The molecule has 0 bridgehead atoms. The van der Waals surface area contributed by atoms with Gasteiger partial charge in [0.2, 0.25) is 0 Å². The molecule has 0 aliphatic heterocycles. The summed E-state index contributed by atoms with van der Waals surface area (Å²) in [5.41, 5.74) is 1.75. The van der Waals surface area contributed by atoms with E-state index in [-0.39, 0.29) is 5.97 Å². The van der Waals surface area contributed by atoms with Crippen LogP contribution in [0.25, 0.3) is 0 Å². The van der Waals surface area contributed by atoms with E-state index in [0.717, 1.165) is 16.9 Å². The van der Waals surface area contributed by atoms with Gasteiger partial charge in [0.15, 0.2) is 0 Å². The van der Waals surface area contributed by atoms with Gasteiger partial charge in [-0.1, -0.05) is 41.3 Å². The van der Waals surface area contributed by atoms with Gasteiger partial charge in [-0.25, -0.2) is 4.79 Å². The van der Waals surface area contributed by atoms with E-state index in [1.54, 1.807) is 0 Å². The average Bonchev–Trinajstić information content (AvgIpc) is 2.53. The molecule has 1 aromatic rings. The first kappa shape index (κ1) is 16.5. The fraction of sp³-hybridized carbons (Fsp3) is 0.588. The Kier molecular flexibility index (Phi) is 6.24. The molecule has 1 fully saturated rings. The number of hydrogen-bond acceptors (Lipinski definition) is 3. The number of esters is 1. The first-order valence-electron chi connectivity index (χ1n) is 7.72. The van der Waals surface area contributed by atoms with Crippen molar-refractivity contribution in [1.29, 1.82) is 0 Å². The maximum absolute atomic E-state index is 11.5. The third-order valence-electron chi connectivity index (χ3n) is 4.45. The van der Waals surface area contributed by atoms with Gasteiger partial charge in [0.05, 0.1) is 12.7 Å². The van der Waals surface area contributed by atoms with Crippen LogP contribution in [0.3, 0.4) is 0 Å². The zero-order chi connectivity index (χ0) is 15.2. The second-order valence-electron chi connectivity index (χ2n) is 5.87. The molecule has 1 aliphatic rings. The maximum atomic E-state index is 11.5. The number of hydrogen-bond donors (Lipinski definition) is 1. The summed E-state index contributed by atoms with van der Waals surface area (Å²) in [6, 6.07) is 6.17. The number of rotatable bonds is 5. The lowest BCUT2D eigenvalue weighted by atomic mass is 9.84. The Balaban J connectivity index is 1.92. The van der Waals surface area contributed by atoms with Gasteiger partial charge < -0.3 is 10.1 Å². The number of carbonyl (C=O) groups excluding carboxylic acids is 1. The normalized spacial score (nSPS) is 17.5. The second kappa shape index (κ2) is 7.95. The van der Waals surface area contributed by atoms with E-state index in [2.05, 4.69) is 28.2 Å². The van der Waals surface area contributed by atoms with Gasteiger partial charge in [-0.05, 0) is 43.4 Å². The molecule has 0 heterocycles. The molecule has 1 aromatic carbocycles. The Labute approximate surface area is 135 Å². The molecule has 2 rings (SSSR count). The molecule has 4 heteroatoms. The molecule has 0 amide bonds. The highest BCUT2D eigenvalue weighted by molar-refractivity contribution is 9.10. The summed E-state index contributed by atoms with van der Waals surface area (Å²) in [7, 11) is 1.40. The van der Waals surface area contributed by atoms with E-state index in [1.807, 2.05) is 18.2 Å². The van der Waals surface area contributed by atoms with Gasteiger partial charge in [-0.3, -0.25) is 0 Å². The topological polar surface area (TPSA) is 38.3 Å². The molecule has 0 radical (unpaired) electrons. The number of halogens is 1. The van der Waals surface area contributed by atoms with Gasteiger partial charge in [-0.2, -0.15) is 0 Å². The number of nitrogens with one attached hydrogen (secondary N) is 1. The van der Waals surface area contributed by atoms with Crippen LogP contribution in [0, 0.1) is 5.92 Å². The minimum atomic E-state index is -0.300. The highest BCUT2D eigenvalue weighted by Crippen LogP contribution is 2.27. The average molecular weight is 354 g/mol. The third kappa shape index (κ3) is 4.55. The summed E-state index contributed by atoms with van der Waals surface area (Å²) < 4.78 is 5.69. The molecule has 1 aliphatic carbocycles. The zero-order valence-corrected chi connectivity index (χ0v) is 14.4. The minimum absolute atomic E-state index is 0.300. The van der Waals surface area contributed by atoms with Crippen LogP contribution in [0.15, 0.2) is 22.7 Å². The largest absolute Gasteiger partial charge is 0.465 e. The molecule has 116 valence electrons. The maximum Gasteiger partial charge on any atom is 0.337 e. The highest BCUT2D eigenvalue weighted by Gasteiger charge is 2.19. The van der Waals surface area contributed by atoms with E-state index in [9.17, 15) is 4.79 Å². The Morgan fingerprint density at radius 2 is 2.10 bits per heavy atom. The third-order valence-corrected chi connectivity index (χ3v) is 5.18. The summed E-state index contributed by atoms with van der Waals surface area (Å²) in [5.74, 6) is 0.498. The van der Waals surface area contributed by atoms with E-state index >= 15 is 0 Å². The van der Waals surface area contributed by atoms with E-state index in [0.29, 0.717) is 11.6 Å². The first-order chi connectivity index (χ1) is 10.1. The number of benzene rings is 1. The minimum Gasteiger partial charge on any atom is -0.465 e. The highest BCUT2D eigenvalue weighted by atomic mass is 79.9. The molecule has 1 N–H and O–H groups in total. The van der Waals surface area contributed by atoms with Crippen molar-refractivity contribution in [1.82, 2.24) is 5.32 Å². The number of carbonyl (C=O) groups is 1. The van der Waals surface area contributed by atoms with Gasteiger partial charge in [0, 0.05) is 17.1 Å². The monoisotopic (exact) mass is 353 g/mol. The van der Waals surface area contributed by atoms with Crippen LogP contribution in [0.4, 0.5) is 0 Å². The quantitative estimate of drug-likeness (QED) is 0.802. The van der Waals surface area contributed by atoms with Crippen molar-refractivity contribution in [2.24, 2.45) is 5.92 Å². The molecule has 3 nitrogen and oxygen atoms in total. The Bertz CT molecular complexity index is 484. The van der Waals surface area contributed by atoms with Crippen molar-refractivity contribution in [2.75, 3.05) is 7.11 Å². The lowest BCUT2D eigenvalue weighted by Gasteiger charge is -2.28. The second-order valence-corrected chi connectivity index (χ2v) is 6.72. The molecule has 1 saturated carbocycles. The molecular formula is C17H24BrNO2. The SMILES string of the molecule is COC(=O)c1ccc(CNC(C)C2CCCCC2)c(Br)c1. The Morgan fingerprint density at radius 3 is 2.71 bits per heavy atom. The van der Waals surface area contributed by atoms with Crippen LogP contribution in [-0.4, -0.2) is 19.1 Å². The van der Waals surface area contributed by atoms with Gasteiger partial charge in [-0.15, -0.1) is 0 Å². The summed E-state index contributed by atoms with van der Waals surface area (Å²) in [5, 5.41) is 3.63. The lowest BCUT2D eigenvalue weighted by molar-refractivity contribution is 0.0600. The van der Waals surface area contributed by atoms with Crippen LogP contribution >= 0.6 is 15.9 Å². The van der Waals surface area contributed by atoms with Crippen molar-refractivity contribution in [2.45, 2.75) is 51.6 Å². The molecular weight excluding hydrogens is 330 g/mol. The Hall–Kier alpha value is -0.870. The van der Waals surface area contributed by atoms with Crippen molar-refractivity contribution >= 4 is 21.9 Å². The van der Waals surface area contributed by atoms with Crippen LogP contribution in [0.2, 0.25) is 0 Å². The molecule has 0 aromatic heterocycles. The zero-order valence-electron chi connectivity index (χ0n) is 12.8. The molecule has 1 unspecified atom stereocenters. The van der Waals surface area contributed by atoms with Crippen molar-refractivity contribution in [3.63, 3.8) is 0 Å². The summed E-state index contributed by atoms with van der Waals surface area (Å²) in [6.07, 6.45) is 6.82. The Morgan fingerprint density at radius 1 is 1.38 bits per heavy atom. The van der Waals surface area contributed by atoms with E-state index in [4.69, 9.17) is 4.74 Å². The van der Waals surface area contributed by atoms with Crippen LogP contribution < -0.4 is 5.32 Å². The van der Waals surface area contributed by atoms with Gasteiger partial charge >= 0.3 is 5.97 Å². The summed E-state index contributed by atoms with van der Waals surface area (Å²) in [4.78, 5) is 11.5. The molecule has 1 atom stereocenters. The van der Waals surface area contributed by atoms with Crippen LogP contribution in [0.5, 0.6) is 0 Å². The summed E-state index contributed by atoms with van der Waals surface area (Å²) >= 11 is 3.54. The van der Waals surface area contributed by atoms with Gasteiger partial charge in [0.1, 0.15) is 0 Å². The predicted molar refractivity (Wildman–Crippen MR) is 88.4 cm³/mol. The van der Waals surface area contributed by atoms with Crippen LogP contribution in [-0.2, 0) is 11.3 Å². The van der Waals surface area contributed by atoms with Gasteiger partial charge in [0.25, 0.3) is 0 Å². The van der Waals surface area contributed by atoms with E-state index < -0.39 is 0 Å². The first-order valence-corrected chi connectivity index (χ1v) is 8.51. The molecule has 0 spiro atoms. The number of ether oxygens (including phenoxy) is 1.